The van der Waals surface area contributed by atoms with E-state index in [9.17, 15) is 23.2 Å². The fraction of sp³-hybridized carbons (Fsp3) is 0.360. The Hall–Kier alpha value is -3.98. The van der Waals surface area contributed by atoms with Gasteiger partial charge in [0.1, 0.15) is 17.6 Å². The maximum Gasteiger partial charge on any atom is 0.573 e. The normalized spacial score (nSPS) is 20.3. The van der Waals surface area contributed by atoms with Gasteiger partial charge >= 0.3 is 6.36 Å². The van der Waals surface area contributed by atoms with E-state index in [1.807, 2.05) is 28.1 Å². The molecule has 2 aromatic carbocycles. The zero-order chi connectivity index (χ0) is 26.9. The highest BCUT2D eigenvalue weighted by Crippen LogP contribution is 2.28. The lowest BCUT2D eigenvalue weighted by Gasteiger charge is -2.42. The van der Waals surface area contributed by atoms with Crippen molar-refractivity contribution in [1.29, 1.82) is 5.26 Å². The zero-order valence-electron chi connectivity index (χ0n) is 19.9. The van der Waals surface area contributed by atoms with Gasteiger partial charge in [-0.25, -0.2) is 5.01 Å². The van der Waals surface area contributed by atoms with Crippen LogP contribution in [0.25, 0.3) is 0 Å². The van der Waals surface area contributed by atoms with E-state index in [1.54, 1.807) is 17.1 Å². The molecule has 38 heavy (non-hydrogen) atoms. The number of carbonyl (C=O) groups is 1. The summed E-state index contributed by atoms with van der Waals surface area (Å²) in [5.74, 6) is 0.445. The summed E-state index contributed by atoms with van der Waals surface area (Å²) in [5.41, 5.74) is 1.51. The minimum atomic E-state index is -4.76. The molecular weight excluding hydrogens is 525 g/mol. The van der Waals surface area contributed by atoms with E-state index in [0.717, 1.165) is 12.0 Å². The number of hydrazone groups is 1. The molecule has 0 spiro atoms. The van der Waals surface area contributed by atoms with Crippen LogP contribution in [0.4, 0.5) is 13.2 Å². The largest absolute Gasteiger partial charge is 0.573 e. The number of aliphatic imine (C=N–C) groups is 1. The molecule has 13 heteroatoms. The summed E-state index contributed by atoms with van der Waals surface area (Å²) in [6.45, 7) is 1.74. The first-order valence-corrected chi connectivity index (χ1v) is 12.2. The van der Waals surface area contributed by atoms with Crippen molar-refractivity contribution in [2.75, 3.05) is 26.2 Å². The molecule has 2 saturated heterocycles. The van der Waals surface area contributed by atoms with Crippen molar-refractivity contribution in [3.8, 4) is 17.7 Å². The summed E-state index contributed by atoms with van der Waals surface area (Å²) in [7, 11) is 0. The smallest absolute Gasteiger partial charge is 0.487 e. The number of benzene rings is 2. The molecule has 2 fully saturated rings. The molecule has 1 unspecified atom stereocenters. The van der Waals surface area contributed by atoms with Gasteiger partial charge in [-0.05, 0) is 42.8 Å². The van der Waals surface area contributed by atoms with Gasteiger partial charge in [-0.1, -0.05) is 23.7 Å². The lowest BCUT2D eigenvalue weighted by molar-refractivity contribution is -0.274. The van der Waals surface area contributed by atoms with E-state index in [1.165, 1.54) is 24.3 Å². The van der Waals surface area contributed by atoms with Gasteiger partial charge in [-0.15, -0.1) is 18.2 Å². The quantitative estimate of drug-likeness (QED) is 0.321. The predicted molar refractivity (Wildman–Crippen MR) is 132 cm³/mol. The minimum Gasteiger partial charge on any atom is -0.487 e. The number of nitriles is 1. The zero-order valence-corrected chi connectivity index (χ0v) is 20.7. The first kappa shape index (κ1) is 25.7. The van der Waals surface area contributed by atoms with Crippen molar-refractivity contribution in [3.05, 3.63) is 59.1 Å². The standard InChI is InChI=1S/C25H22ClF3N6O3/c26-17-5-3-16(4-6-17)23-21(34-11-1-2-22(34)36)14-35(32-23)24(31-15-30)33-12-20(13-33)37-18-7-9-19(10-8-18)38-25(27,28)29/h3-10,20-21H,1-2,11-14H2. The third-order valence-electron chi connectivity index (χ3n) is 6.39. The number of halogens is 4. The molecule has 3 aliphatic heterocycles. The van der Waals surface area contributed by atoms with Gasteiger partial charge in [-0.2, -0.15) is 10.4 Å². The third kappa shape index (κ3) is 5.62. The maximum atomic E-state index is 12.6. The van der Waals surface area contributed by atoms with Crippen molar-refractivity contribution in [2.45, 2.75) is 31.3 Å². The molecule has 0 radical (unpaired) electrons. The van der Waals surface area contributed by atoms with Gasteiger partial charge in [0.2, 0.25) is 18.1 Å². The number of guanidine groups is 1. The Morgan fingerprint density at radius 2 is 1.76 bits per heavy atom. The van der Waals surface area contributed by atoms with E-state index in [2.05, 4.69) is 9.73 Å². The van der Waals surface area contributed by atoms with Crippen LogP contribution in [0.3, 0.4) is 0 Å². The molecule has 0 N–H and O–H groups in total. The summed E-state index contributed by atoms with van der Waals surface area (Å²) >= 11 is 6.06. The van der Waals surface area contributed by atoms with Crippen LogP contribution in [-0.2, 0) is 4.79 Å². The summed E-state index contributed by atoms with van der Waals surface area (Å²) in [6, 6.07) is 12.1. The molecule has 0 saturated carbocycles. The lowest BCUT2D eigenvalue weighted by atomic mass is 10.0. The molecular formula is C25H22ClF3N6O3. The Morgan fingerprint density at radius 3 is 2.37 bits per heavy atom. The Balaban J connectivity index is 1.28. The molecule has 5 rings (SSSR count). The average molecular weight is 547 g/mol. The van der Waals surface area contributed by atoms with E-state index >= 15 is 0 Å². The van der Waals surface area contributed by atoms with Gasteiger partial charge in [-0.3, -0.25) is 4.79 Å². The van der Waals surface area contributed by atoms with Crippen LogP contribution in [0.15, 0.2) is 58.6 Å². The summed E-state index contributed by atoms with van der Waals surface area (Å²) < 4.78 is 46.8. The van der Waals surface area contributed by atoms with Crippen LogP contribution in [0.1, 0.15) is 18.4 Å². The van der Waals surface area contributed by atoms with E-state index < -0.39 is 6.36 Å². The first-order valence-electron chi connectivity index (χ1n) is 11.9. The Kier molecular flexibility index (Phi) is 7.03. The van der Waals surface area contributed by atoms with Crippen molar-refractivity contribution in [1.82, 2.24) is 14.8 Å². The number of likely N-dealkylation sites (tertiary alicyclic amines) is 2. The minimum absolute atomic E-state index is 0.0568. The van der Waals surface area contributed by atoms with Gasteiger partial charge < -0.3 is 19.3 Å². The van der Waals surface area contributed by atoms with Crippen LogP contribution >= 0.6 is 11.6 Å². The Morgan fingerprint density at radius 1 is 1.08 bits per heavy atom. The third-order valence-corrected chi connectivity index (χ3v) is 6.64. The fourth-order valence-electron chi connectivity index (χ4n) is 4.65. The second-order valence-corrected chi connectivity index (χ2v) is 9.39. The molecule has 0 bridgehead atoms. The SMILES string of the molecule is N#CN=C(N1CC(Oc2ccc(OC(F)(F)F)cc2)C1)N1CC(N2CCCC2=O)C(c2ccc(Cl)cc2)=N1. The fourth-order valence-corrected chi connectivity index (χ4v) is 4.78. The van der Waals surface area contributed by atoms with E-state index in [4.69, 9.17) is 21.4 Å². The second-order valence-electron chi connectivity index (χ2n) is 8.96. The van der Waals surface area contributed by atoms with Crippen LogP contribution in [0.5, 0.6) is 11.5 Å². The van der Waals surface area contributed by atoms with E-state index in [0.29, 0.717) is 55.0 Å². The van der Waals surface area contributed by atoms with Crippen LogP contribution in [0, 0.1) is 11.5 Å². The average Bonchev–Trinajstić information content (AvgIpc) is 3.47. The number of amides is 1. The van der Waals surface area contributed by atoms with Crippen LogP contribution in [0.2, 0.25) is 5.02 Å². The van der Waals surface area contributed by atoms with E-state index in [-0.39, 0.29) is 23.8 Å². The highest BCUT2D eigenvalue weighted by Gasteiger charge is 2.42. The van der Waals surface area contributed by atoms with Crippen LogP contribution < -0.4 is 9.47 Å². The van der Waals surface area contributed by atoms with Crippen molar-refractivity contribution >= 4 is 29.2 Å². The molecule has 3 heterocycles. The summed E-state index contributed by atoms with van der Waals surface area (Å²) in [5, 5.41) is 16.3. The number of hydrogen-bond donors (Lipinski definition) is 0. The van der Waals surface area contributed by atoms with Gasteiger partial charge in [0, 0.05) is 23.6 Å². The molecule has 2 aromatic rings. The molecule has 1 atom stereocenters. The number of rotatable bonds is 5. The summed E-state index contributed by atoms with van der Waals surface area (Å²) in [4.78, 5) is 20.2. The Bertz CT molecular complexity index is 1290. The van der Waals surface area contributed by atoms with Gasteiger partial charge in [0.05, 0.1) is 31.4 Å². The topological polar surface area (TPSA) is 93.8 Å². The van der Waals surface area contributed by atoms with Gasteiger partial charge in [0.15, 0.2) is 0 Å². The number of alkyl halides is 3. The monoisotopic (exact) mass is 546 g/mol. The number of hydrogen-bond acceptors (Lipinski definition) is 6. The number of nitrogens with zero attached hydrogens (tertiary/aromatic N) is 6. The predicted octanol–water partition coefficient (Wildman–Crippen LogP) is 3.85. The first-order chi connectivity index (χ1) is 18.2. The second kappa shape index (κ2) is 10.4. The van der Waals surface area contributed by atoms with Crippen molar-refractivity contribution in [3.63, 3.8) is 0 Å². The van der Waals surface area contributed by atoms with Crippen LogP contribution in [-0.4, -0.2) is 77.1 Å². The van der Waals surface area contributed by atoms with Crippen molar-refractivity contribution in [2.24, 2.45) is 10.1 Å². The lowest BCUT2D eigenvalue weighted by Crippen LogP contribution is -2.59. The number of carbonyl (C=O) groups excluding carboxylic acids is 1. The van der Waals surface area contributed by atoms with Crippen molar-refractivity contribution < 1.29 is 27.4 Å². The Labute approximate surface area is 221 Å². The highest BCUT2D eigenvalue weighted by molar-refractivity contribution is 6.30. The molecule has 0 aromatic heterocycles. The molecule has 0 aliphatic carbocycles. The molecule has 1 amide bonds. The molecule has 9 nitrogen and oxygen atoms in total. The molecule has 198 valence electrons. The summed E-state index contributed by atoms with van der Waals surface area (Å²) in [6.07, 6.45) is -1.95. The highest BCUT2D eigenvalue weighted by atomic mass is 35.5. The maximum absolute atomic E-state index is 12.6. The molecule has 3 aliphatic rings. The van der Waals surface area contributed by atoms with Gasteiger partial charge in [0.25, 0.3) is 0 Å². The number of ether oxygens (including phenoxy) is 2.